The topological polar surface area (TPSA) is 29.9 Å². The summed E-state index contributed by atoms with van der Waals surface area (Å²) in [7, 11) is 0. The van der Waals surface area contributed by atoms with Crippen molar-refractivity contribution in [2.24, 2.45) is 0 Å². The molecule has 1 heterocycles. The van der Waals surface area contributed by atoms with E-state index in [1.165, 1.54) is 41.6 Å². The Bertz CT molecular complexity index is 600. The SMILES string of the molecule is CCCNC1CCc2cc(-c3ccnn3CCC)ccc21. The summed E-state index contributed by atoms with van der Waals surface area (Å²) in [5.74, 6) is 0. The quantitative estimate of drug-likeness (QED) is 0.870. The van der Waals surface area contributed by atoms with Gasteiger partial charge >= 0.3 is 0 Å². The monoisotopic (exact) mass is 283 g/mol. The van der Waals surface area contributed by atoms with Gasteiger partial charge in [-0.05, 0) is 55.5 Å². The van der Waals surface area contributed by atoms with Crippen molar-refractivity contribution in [3.8, 4) is 11.3 Å². The van der Waals surface area contributed by atoms with Crippen LogP contribution < -0.4 is 5.32 Å². The predicted octanol–water partition coefficient (Wildman–Crippen LogP) is 3.95. The Morgan fingerprint density at radius 2 is 2.14 bits per heavy atom. The average Bonchev–Trinajstić information content (AvgIpc) is 3.11. The molecule has 112 valence electrons. The molecule has 1 aliphatic carbocycles. The molecule has 0 fully saturated rings. The van der Waals surface area contributed by atoms with Crippen molar-refractivity contribution in [3.05, 3.63) is 41.6 Å². The number of nitrogens with zero attached hydrogens (tertiary/aromatic N) is 2. The second-order valence-corrected chi connectivity index (χ2v) is 5.90. The van der Waals surface area contributed by atoms with Gasteiger partial charge in [0, 0.05) is 24.3 Å². The molecule has 21 heavy (non-hydrogen) atoms. The van der Waals surface area contributed by atoms with E-state index in [1.54, 1.807) is 0 Å². The smallest absolute Gasteiger partial charge is 0.0682 e. The minimum Gasteiger partial charge on any atom is -0.310 e. The van der Waals surface area contributed by atoms with Gasteiger partial charge in [-0.3, -0.25) is 4.68 Å². The molecule has 1 aromatic heterocycles. The van der Waals surface area contributed by atoms with E-state index in [0.717, 1.165) is 19.5 Å². The van der Waals surface area contributed by atoms with Crippen LogP contribution in [0.1, 0.15) is 50.3 Å². The Labute approximate surface area is 127 Å². The van der Waals surface area contributed by atoms with Crippen LogP contribution >= 0.6 is 0 Å². The summed E-state index contributed by atoms with van der Waals surface area (Å²) in [6.45, 7) is 6.51. The van der Waals surface area contributed by atoms with Gasteiger partial charge in [0.25, 0.3) is 0 Å². The molecular weight excluding hydrogens is 258 g/mol. The zero-order valence-electron chi connectivity index (χ0n) is 13.1. The maximum atomic E-state index is 4.44. The van der Waals surface area contributed by atoms with Crippen molar-refractivity contribution in [2.45, 2.75) is 52.1 Å². The molecule has 1 aliphatic rings. The van der Waals surface area contributed by atoms with Crippen molar-refractivity contribution in [3.63, 3.8) is 0 Å². The van der Waals surface area contributed by atoms with E-state index in [0.29, 0.717) is 6.04 Å². The van der Waals surface area contributed by atoms with Crippen LogP contribution in [0.5, 0.6) is 0 Å². The predicted molar refractivity (Wildman–Crippen MR) is 87.3 cm³/mol. The number of benzene rings is 1. The van der Waals surface area contributed by atoms with Gasteiger partial charge in [0.2, 0.25) is 0 Å². The molecule has 0 radical (unpaired) electrons. The second-order valence-electron chi connectivity index (χ2n) is 5.90. The molecule has 2 aromatic rings. The normalized spacial score (nSPS) is 17.1. The molecule has 1 atom stereocenters. The highest BCUT2D eigenvalue weighted by molar-refractivity contribution is 5.62. The van der Waals surface area contributed by atoms with Crippen LogP contribution in [0.4, 0.5) is 0 Å². The first-order chi connectivity index (χ1) is 10.3. The maximum Gasteiger partial charge on any atom is 0.0682 e. The Balaban J connectivity index is 1.85. The summed E-state index contributed by atoms with van der Waals surface area (Å²) in [6, 6.07) is 9.61. The van der Waals surface area contributed by atoms with Gasteiger partial charge in [-0.2, -0.15) is 5.10 Å². The lowest BCUT2D eigenvalue weighted by molar-refractivity contribution is 0.529. The molecule has 0 aliphatic heterocycles. The molecule has 1 unspecified atom stereocenters. The van der Waals surface area contributed by atoms with Gasteiger partial charge in [-0.1, -0.05) is 26.0 Å². The second kappa shape index (κ2) is 6.44. The highest BCUT2D eigenvalue weighted by atomic mass is 15.3. The number of hydrogen-bond acceptors (Lipinski definition) is 2. The lowest BCUT2D eigenvalue weighted by Crippen LogP contribution is -2.19. The minimum absolute atomic E-state index is 0.551. The van der Waals surface area contributed by atoms with E-state index in [2.05, 4.69) is 53.2 Å². The number of aryl methyl sites for hydroxylation is 2. The van der Waals surface area contributed by atoms with Gasteiger partial charge in [-0.25, -0.2) is 0 Å². The summed E-state index contributed by atoms with van der Waals surface area (Å²) in [6.07, 6.45) is 6.63. The van der Waals surface area contributed by atoms with Crippen molar-refractivity contribution in [1.82, 2.24) is 15.1 Å². The van der Waals surface area contributed by atoms with Crippen molar-refractivity contribution in [1.29, 1.82) is 0 Å². The zero-order chi connectivity index (χ0) is 14.7. The van der Waals surface area contributed by atoms with Crippen molar-refractivity contribution >= 4 is 0 Å². The zero-order valence-corrected chi connectivity index (χ0v) is 13.1. The number of hydrogen-bond donors (Lipinski definition) is 1. The van der Waals surface area contributed by atoms with E-state index in [4.69, 9.17) is 0 Å². The molecular formula is C18H25N3. The Morgan fingerprint density at radius 1 is 1.24 bits per heavy atom. The fourth-order valence-electron chi connectivity index (χ4n) is 3.28. The van der Waals surface area contributed by atoms with Crippen molar-refractivity contribution < 1.29 is 0 Å². The number of nitrogens with one attached hydrogen (secondary N) is 1. The van der Waals surface area contributed by atoms with E-state index in [-0.39, 0.29) is 0 Å². The van der Waals surface area contributed by atoms with Crippen LogP contribution in [0.15, 0.2) is 30.5 Å². The molecule has 0 spiro atoms. The van der Waals surface area contributed by atoms with Gasteiger partial charge in [0.1, 0.15) is 0 Å². The molecule has 0 saturated heterocycles. The molecule has 3 heteroatoms. The van der Waals surface area contributed by atoms with E-state index in [9.17, 15) is 0 Å². The number of fused-ring (bicyclic) bond motifs is 1. The van der Waals surface area contributed by atoms with Gasteiger partial charge in [-0.15, -0.1) is 0 Å². The molecule has 0 amide bonds. The number of rotatable bonds is 6. The summed E-state index contributed by atoms with van der Waals surface area (Å²) in [4.78, 5) is 0. The maximum absolute atomic E-state index is 4.44. The first-order valence-corrected chi connectivity index (χ1v) is 8.21. The highest BCUT2D eigenvalue weighted by Gasteiger charge is 2.22. The third-order valence-corrected chi connectivity index (χ3v) is 4.31. The third kappa shape index (κ3) is 2.88. The largest absolute Gasteiger partial charge is 0.310 e. The molecule has 3 nitrogen and oxygen atoms in total. The van der Waals surface area contributed by atoms with Gasteiger partial charge < -0.3 is 5.32 Å². The lowest BCUT2D eigenvalue weighted by atomic mass is 10.0. The fourth-order valence-corrected chi connectivity index (χ4v) is 3.28. The Hall–Kier alpha value is -1.61. The summed E-state index contributed by atoms with van der Waals surface area (Å²) in [5.41, 5.74) is 5.54. The van der Waals surface area contributed by atoms with Gasteiger partial charge in [0.15, 0.2) is 0 Å². The fraction of sp³-hybridized carbons (Fsp3) is 0.500. The summed E-state index contributed by atoms with van der Waals surface area (Å²) in [5, 5.41) is 8.09. The van der Waals surface area contributed by atoms with Crippen LogP contribution in [0, 0.1) is 0 Å². The van der Waals surface area contributed by atoms with E-state index < -0.39 is 0 Å². The molecule has 3 rings (SSSR count). The Kier molecular flexibility index (Phi) is 4.39. The van der Waals surface area contributed by atoms with Gasteiger partial charge in [0.05, 0.1) is 5.69 Å². The molecule has 0 saturated carbocycles. The first kappa shape index (κ1) is 14.3. The van der Waals surface area contributed by atoms with Crippen LogP contribution in [-0.2, 0) is 13.0 Å². The van der Waals surface area contributed by atoms with E-state index in [1.807, 2.05) is 6.20 Å². The number of aromatic nitrogens is 2. The Morgan fingerprint density at radius 3 is 2.95 bits per heavy atom. The van der Waals surface area contributed by atoms with E-state index >= 15 is 0 Å². The van der Waals surface area contributed by atoms with Crippen LogP contribution in [-0.4, -0.2) is 16.3 Å². The molecule has 1 aromatic carbocycles. The summed E-state index contributed by atoms with van der Waals surface area (Å²) >= 11 is 0. The average molecular weight is 283 g/mol. The van der Waals surface area contributed by atoms with Crippen molar-refractivity contribution in [2.75, 3.05) is 6.54 Å². The minimum atomic E-state index is 0.551. The standard InChI is InChI=1S/C18H25N3/c1-3-10-19-17-8-6-14-13-15(5-7-16(14)17)18-9-11-20-21(18)12-4-2/h5,7,9,11,13,17,19H,3-4,6,8,10,12H2,1-2H3. The molecule has 1 N–H and O–H groups in total. The molecule has 0 bridgehead atoms. The first-order valence-electron chi connectivity index (χ1n) is 8.21. The highest BCUT2D eigenvalue weighted by Crippen LogP contribution is 2.34. The third-order valence-electron chi connectivity index (χ3n) is 4.31. The van der Waals surface area contributed by atoms with Crippen LogP contribution in [0.3, 0.4) is 0 Å². The summed E-state index contributed by atoms with van der Waals surface area (Å²) < 4.78 is 2.11. The van der Waals surface area contributed by atoms with Crippen LogP contribution in [0.2, 0.25) is 0 Å². The van der Waals surface area contributed by atoms with Crippen LogP contribution in [0.25, 0.3) is 11.3 Å². The lowest BCUT2D eigenvalue weighted by Gasteiger charge is -2.14.